The number of nitrogens with zero attached hydrogens (tertiary/aromatic N) is 2. The van der Waals surface area contributed by atoms with Crippen molar-refractivity contribution < 1.29 is 19.1 Å². The van der Waals surface area contributed by atoms with E-state index in [0.29, 0.717) is 6.54 Å². The summed E-state index contributed by atoms with van der Waals surface area (Å²) < 4.78 is 11.7. The number of ether oxygens (including phenoxy) is 2. The molecule has 0 saturated heterocycles. The first-order chi connectivity index (χ1) is 12.1. The SMILES string of the molecule is CCOC(=O)c1c(NC(=O)OCc2ccccc2)c(C#N)cn1CC. The van der Waals surface area contributed by atoms with Crippen molar-refractivity contribution in [2.75, 3.05) is 11.9 Å². The van der Waals surface area contributed by atoms with Crippen LogP contribution in [0.3, 0.4) is 0 Å². The Hall–Kier alpha value is -3.27. The molecule has 0 spiro atoms. The van der Waals surface area contributed by atoms with E-state index in [0.717, 1.165) is 5.56 Å². The Kier molecular flexibility index (Phi) is 6.18. The highest BCUT2D eigenvalue weighted by Crippen LogP contribution is 2.25. The fraction of sp³-hybridized carbons (Fsp3) is 0.278. The molecule has 2 aromatic rings. The summed E-state index contributed by atoms with van der Waals surface area (Å²) in [5, 5.41) is 11.8. The molecule has 0 fully saturated rings. The Bertz CT molecular complexity index is 791. The lowest BCUT2D eigenvalue weighted by atomic mass is 10.2. The van der Waals surface area contributed by atoms with E-state index < -0.39 is 12.1 Å². The Morgan fingerprint density at radius 3 is 2.52 bits per heavy atom. The predicted molar refractivity (Wildman–Crippen MR) is 91.0 cm³/mol. The number of esters is 1. The summed E-state index contributed by atoms with van der Waals surface area (Å²) in [7, 11) is 0. The molecule has 1 amide bonds. The number of aromatic nitrogens is 1. The maximum Gasteiger partial charge on any atom is 0.412 e. The number of nitrogens with one attached hydrogen (secondary N) is 1. The van der Waals surface area contributed by atoms with Gasteiger partial charge in [-0.05, 0) is 19.4 Å². The Morgan fingerprint density at radius 1 is 1.20 bits per heavy atom. The maximum absolute atomic E-state index is 12.2. The first-order valence-electron chi connectivity index (χ1n) is 7.88. The first-order valence-corrected chi connectivity index (χ1v) is 7.88. The van der Waals surface area contributed by atoms with Gasteiger partial charge in [0.1, 0.15) is 12.7 Å². The van der Waals surface area contributed by atoms with Gasteiger partial charge in [-0.2, -0.15) is 5.26 Å². The average molecular weight is 341 g/mol. The van der Waals surface area contributed by atoms with Crippen LogP contribution >= 0.6 is 0 Å². The second-order valence-electron chi connectivity index (χ2n) is 5.07. The zero-order chi connectivity index (χ0) is 18.2. The van der Waals surface area contributed by atoms with Crippen LogP contribution in [0.25, 0.3) is 0 Å². The largest absolute Gasteiger partial charge is 0.461 e. The van der Waals surface area contributed by atoms with Gasteiger partial charge in [0.15, 0.2) is 5.69 Å². The molecule has 1 aromatic heterocycles. The summed E-state index contributed by atoms with van der Waals surface area (Å²) in [6.07, 6.45) is 0.749. The fourth-order valence-electron chi connectivity index (χ4n) is 2.30. The third kappa shape index (κ3) is 4.38. The van der Waals surface area contributed by atoms with Crippen molar-refractivity contribution in [1.29, 1.82) is 5.26 Å². The summed E-state index contributed by atoms with van der Waals surface area (Å²) in [6, 6.07) is 11.2. The van der Waals surface area contributed by atoms with Gasteiger partial charge in [-0.25, -0.2) is 9.59 Å². The van der Waals surface area contributed by atoms with Gasteiger partial charge in [-0.15, -0.1) is 0 Å². The van der Waals surface area contributed by atoms with E-state index >= 15 is 0 Å². The zero-order valence-electron chi connectivity index (χ0n) is 14.1. The molecular formula is C18H19N3O4. The fourth-order valence-corrected chi connectivity index (χ4v) is 2.30. The summed E-state index contributed by atoms with van der Waals surface area (Å²) in [5.41, 5.74) is 1.22. The number of amides is 1. The van der Waals surface area contributed by atoms with E-state index in [2.05, 4.69) is 5.32 Å². The highest BCUT2D eigenvalue weighted by atomic mass is 16.5. The number of carbonyl (C=O) groups is 2. The molecule has 0 aliphatic carbocycles. The van der Waals surface area contributed by atoms with Crippen LogP contribution in [0.2, 0.25) is 0 Å². The minimum absolute atomic E-state index is 0.0811. The maximum atomic E-state index is 12.2. The van der Waals surface area contributed by atoms with E-state index in [1.165, 1.54) is 6.20 Å². The van der Waals surface area contributed by atoms with Gasteiger partial charge < -0.3 is 14.0 Å². The van der Waals surface area contributed by atoms with Crippen molar-refractivity contribution in [3.8, 4) is 6.07 Å². The van der Waals surface area contributed by atoms with Crippen LogP contribution in [0.1, 0.15) is 35.5 Å². The Balaban J connectivity index is 2.19. The van der Waals surface area contributed by atoms with Crippen LogP contribution in [0.5, 0.6) is 0 Å². The molecule has 7 heteroatoms. The number of benzene rings is 1. The van der Waals surface area contributed by atoms with Crippen molar-refractivity contribution in [2.24, 2.45) is 0 Å². The molecule has 1 aromatic carbocycles. The molecule has 0 radical (unpaired) electrons. The molecule has 1 heterocycles. The molecule has 0 atom stereocenters. The second kappa shape index (κ2) is 8.55. The Morgan fingerprint density at radius 2 is 1.92 bits per heavy atom. The molecule has 0 bridgehead atoms. The topological polar surface area (TPSA) is 93.3 Å². The monoisotopic (exact) mass is 341 g/mol. The van der Waals surface area contributed by atoms with Crippen molar-refractivity contribution in [3.05, 3.63) is 53.3 Å². The van der Waals surface area contributed by atoms with Crippen molar-refractivity contribution in [2.45, 2.75) is 27.0 Å². The molecule has 7 nitrogen and oxygen atoms in total. The molecule has 0 saturated carbocycles. The van der Waals surface area contributed by atoms with Crippen LogP contribution in [-0.4, -0.2) is 23.2 Å². The Labute approximate surface area is 145 Å². The average Bonchev–Trinajstić information content (AvgIpc) is 2.98. The molecular weight excluding hydrogens is 322 g/mol. The van der Waals surface area contributed by atoms with E-state index in [9.17, 15) is 14.9 Å². The molecule has 0 aliphatic rings. The van der Waals surface area contributed by atoms with Gasteiger partial charge >= 0.3 is 12.1 Å². The third-order valence-electron chi connectivity index (χ3n) is 3.45. The second-order valence-corrected chi connectivity index (χ2v) is 5.07. The summed E-state index contributed by atoms with van der Waals surface area (Å²) in [5.74, 6) is -0.607. The van der Waals surface area contributed by atoms with E-state index in [1.54, 1.807) is 11.5 Å². The van der Waals surface area contributed by atoms with Crippen LogP contribution in [-0.2, 0) is 22.6 Å². The number of nitriles is 1. The van der Waals surface area contributed by atoms with Crippen LogP contribution in [0, 0.1) is 11.3 Å². The smallest absolute Gasteiger partial charge is 0.412 e. The summed E-state index contributed by atoms with van der Waals surface area (Å²) in [4.78, 5) is 24.3. The van der Waals surface area contributed by atoms with Crippen molar-refractivity contribution in [3.63, 3.8) is 0 Å². The zero-order valence-corrected chi connectivity index (χ0v) is 14.1. The number of carbonyl (C=O) groups excluding carboxylic acids is 2. The normalized spacial score (nSPS) is 9.96. The highest BCUT2D eigenvalue weighted by molar-refractivity contribution is 6.00. The van der Waals surface area contributed by atoms with Gasteiger partial charge in [0.25, 0.3) is 0 Å². The van der Waals surface area contributed by atoms with Gasteiger partial charge in [-0.3, -0.25) is 5.32 Å². The minimum atomic E-state index is -0.750. The molecule has 0 aliphatic heterocycles. The van der Waals surface area contributed by atoms with Gasteiger partial charge in [0, 0.05) is 12.7 Å². The standard InChI is InChI=1S/C18H19N3O4/c1-3-21-11-14(10-19)15(16(21)17(22)24-4-2)20-18(23)25-12-13-8-6-5-7-9-13/h5-9,11H,3-4,12H2,1-2H3,(H,20,23). The van der Waals surface area contributed by atoms with E-state index in [1.807, 2.05) is 43.3 Å². The molecule has 0 unspecified atom stereocenters. The van der Waals surface area contributed by atoms with E-state index in [4.69, 9.17) is 9.47 Å². The predicted octanol–water partition coefficient (Wildman–Crippen LogP) is 3.31. The van der Waals surface area contributed by atoms with Gasteiger partial charge in [-0.1, -0.05) is 30.3 Å². The molecule has 2 rings (SSSR count). The number of aryl methyl sites for hydroxylation is 1. The number of hydrogen-bond donors (Lipinski definition) is 1. The van der Waals surface area contributed by atoms with Crippen molar-refractivity contribution >= 4 is 17.7 Å². The lowest BCUT2D eigenvalue weighted by Crippen LogP contribution is -2.18. The summed E-state index contributed by atoms with van der Waals surface area (Å²) >= 11 is 0. The van der Waals surface area contributed by atoms with Gasteiger partial charge in [0.05, 0.1) is 17.9 Å². The van der Waals surface area contributed by atoms with E-state index in [-0.39, 0.29) is 30.2 Å². The van der Waals surface area contributed by atoms with Crippen molar-refractivity contribution in [1.82, 2.24) is 4.57 Å². The molecule has 130 valence electrons. The summed E-state index contributed by atoms with van der Waals surface area (Å²) in [6.45, 7) is 4.22. The minimum Gasteiger partial charge on any atom is -0.461 e. The third-order valence-corrected chi connectivity index (χ3v) is 3.45. The first kappa shape index (κ1) is 18.1. The lowest BCUT2D eigenvalue weighted by Gasteiger charge is -2.10. The highest BCUT2D eigenvalue weighted by Gasteiger charge is 2.24. The molecule has 25 heavy (non-hydrogen) atoms. The lowest BCUT2D eigenvalue weighted by molar-refractivity contribution is 0.0515. The number of anilines is 1. The van der Waals surface area contributed by atoms with Crippen LogP contribution < -0.4 is 5.32 Å². The van der Waals surface area contributed by atoms with Crippen LogP contribution in [0.4, 0.5) is 10.5 Å². The quantitative estimate of drug-likeness (QED) is 0.814. The van der Waals surface area contributed by atoms with Gasteiger partial charge in [0.2, 0.25) is 0 Å². The number of hydrogen-bond acceptors (Lipinski definition) is 5. The molecule has 1 N–H and O–H groups in total. The van der Waals surface area contributed by atoms with Crippen LogP contribution in [0.15, 0.2) is 36.5 Å². The number of rotatable bonds is 6.